The van der Waals surface area contributed by atoms with Crippen molar-refractivity contribution in [3.63, 3.8) is 0 Å². The number of hydrogen-bond acceptors (Lipinski definition) is 7. The standard InChI is InChI=1S/C25H31ClN2O7/c26-16-9-7-8-15(14-16)21(29)27-28-22(30)19-17-18(33-24(32-17)10-3-1-4-11-24)20-23(31-19)35-25(34-20)12-5-2-6-13-25/h7-9,14,17-20,23H,1-6,10-13H2,(H,27,29)(H,28,30)/t17-,18-,19-,20-,23-/m1/s1. The molecule has 3 aliphatic heterocycles. The summed E-state index contributed by atoms with van der Waals surface area (Å²) in [5, 5.41) is 0.429. The molecule has 5 fully saturated rings. The Morgan fingerprint density at radius 3 is 2.11 bits per heavy atom. The molecule has 0 unspecified atom stereocenters. The van der Waals surface area contributed by atoms with Crippen molar-refractivity contribution in [2.45, 2.75) is 106 Å². The van der Waals surface area contributed by atoms with Gasteiger partial charge in [0, 0.05) is 36.3 Å². The van der Waals surface area contributed by atoms with Crippen LogP contribution in [0.15, 0.2) is 24.3 Å². The molecule has 5 aliphatic rings. The van der Waals surface area contributed by atoms with E-state index >= 15 is 0 Å². The van der Waals surface area contributed by atoms with E-state index in [0.717, 1.165) is 64.2 Å². The minimum absolute atomic E-state index is 0.327. The van der Waals surface area contributed by atoms with E-state index in [1.54, 1.807) is 18.2 Å². The van der Waals surface area contributed by atoms with Crippen LogP contribution in [0.25, 0.3) is 0 Å². The second-order valence-electron chi connectivity index (χ2n) is 10.2. The number of benzene rings is 1. The van der Waals surface area contributed by atoms with Crippen LogP contribution in [0.5, 0.6) is 0 Å². The number of halogens is 1. The summed E-state index contributed by atoms with van der Waals surface area (Å²) >= 11 is 5.97. The summed E-state index contributed by atoms with van der Waals surface area (Å²) < 4.78 is 31.9. The Morgan fingerprint density at radius 1 is 0.800 bits per heavy atom. The average Bonchev–Trinajstić information content (AvgIpc) is 3.40. The maximum atomic E-state index is 13.3. The average molecular weight is 507 g/mol. The lowest BCUT2D eigenvalue weighted by Crippen LogP contribution is -2.61. The summed E-state index contributed by atoms with van der Waals surface area (Å²) in [6.45, 7) is 0. The van der Waals surface area contributed by atoms with Crippen molar-refractivity contribution >= 4 is 23.4 Å². The van der Waals surface area contributed by atoms with E-state index in [-0.39, 0.29) is 0 Å². The summed E-state index contributed by atoms with van der Waals surface area (Å²) in [4.78, 5) is 25.8. The topological polar surface area (TPSA) is 104 Å². The number of nitrogens with one attached hydrogen (secondary N) is 2. The number of carbonyl (C=O) groups excluding carboxylic acids is 2. The van der Waals surface area contributed by atoms with E-state index in [1.165, 1.54) is 6.07 Å². The third kappa shape index (κ3) is 4.47. The minimum atomic E-state index is -1.02. The van der Waals surface area contributed by atoms with Crippen LogP contribution in [0.2, 0.25) is 5.02 Å². The van der Waals surface area contributed by atoms with Gasteiger partial charge < -0.3 is 23.7 Å². The molecule has 2 saturated carbocycles. The summed E-state index contributed by atoms with van der Waals surface area (Å²) in [6, 6.07) is 6.47. The number of ether oxygens (including phenoxy) is 5. The van der Waals surface area contributed by atoms with E-state index in [2.05, 4.69) is 10.9 Å². The highest BCUT2D eigenvalue weighted by Gasteiger charge is 2.65. The Labute approximate surface area is 209 Å². The fourth-order valence-corrected chi connectivity index (χ4v) is 6.25. The Morgan fingerprint density at radius 2 is 1.43 bits per heavy atom. The molecular formula is C25H31ClN2O7. The van der Waals surface area contributed by atoms with E-state index in [1.807, 2.05) is 0 Å². The van der Waals surface area contributed by atoms with Gasteiger partial charge in [0.05, 0.1) is 0 Å². The summed E-state index contributed by atoms with van der Waals surface area (Å²) in [5.41, 5.74) is 5.26. The van der Waals surface area contributed by atoms with Crippen LogP contribution in [-0.2, 0) is 28.5 Å². The summed E-state index contributed by atoms with van der Waals surface area (Å²) in [7, 11) is 0. The molecule has 10 heteroatoms. The van der Waals surface area contributed by atoms with Crippen LogP contribution in [0, 0.1) is 0 Å². The first kappa shape index (κ1) is 23.6. The van der Waals surface area contributed by atoms with Crippen LogP contribution in [0.4, 0.5) is 0 Å². The van der Waals surface area contributed by atoms with Gasteiger partial charge in [0.1, 0.15) is 18.3 Å². The second kappa shape index (κ2) is 9.28. The van der Waals surface area contributed by atoms with Gasteiger partial charge >= 0.3 is 0 Å². The Bertz CT molecular complexity index is 978. The SMILES string of the molecule is O=C(NNC(=O)[C@@H]1O[C@@H]2OC3(CCCCC3)O[C@@H]2[C@@H]2OC3(CCCCC3)O[C@H]21)c1cccc(Cl)c1. The fourth-order valence-electron chi connectivity index (χ4n) is 6.06. The second-order valence-corrected chi connectivity index (χ2v) is 10.6. The smallest absolute Gasteiger partial charge is 0.270 e. The Kier molecular flexibility index (Phi) is 6.27. The molecule has 0 bridgehead atoms. The number of hydrogen-bond donors (Lipinski definition) is 2. The number of carbonyl (C=O) groups is 2. The van der Waals surface area contributed by atoms with Gasteiger partial charge in [0.15, 0.2) is 24.0 Å². The zero-order chi connectivity index (χ0) is 24.0. The lowest BCUT2D eigenvalue weighted by atomic mass is 9.94. The van der Waals surface area contributed by atoms with Crippen LogP contribution < -0.4 is 10.9 Å². The molecule has 190 valence electrons. The number of rotatable bonds is 2. The molecule has 9 nitrogen and oxygen atoms in total. The van der Waals surface area contributed by atoms with Gasteiger partial charge in [0.25, 0.3) is 11.8 Å². The van der Waals surface area contributed by atoms with Crippen molar-refractivity contribution in [1.82, 2.24) is 10.9 Å². The first-order valence-corrected chi connectivity index (χ1v) is 13.1. The molecule has 3 saturated heterocycles. The Balaban J connectivity index is 1.20. The number of hydrazine groups is 1. The van der Waals surface area contributed by atoms with Crippen LogP contribution in [0.3, 0.4) is 0 Å². The van der Waals surface area contributed by atoms with Gasteiger partial charge in [-0.3, -0.25) is 20.4 Å². The van der Waals surface area contributed by atoms with E-state index in [0.29, 0.717) is 10.6 Å². The maximum absolute atomic E-state index is 13.3. The van der Waals surface area contributed by atoms with E-state index < -0.39 is 54.1 Å². The first-order chi connectivity index (χ1) is 17.0. The zero-order valence-corrected chi connectivity index (χ0v) is 20.3. The van der Waals surface area contributed by atoms with Gasteiger partial charge in [-0.15, -0.1) is 0 Å². The van der Waals surface area contributed by atoms with Crippen molar-refractivity contribution < 1.29 is 33.3 Å². The monoisotopic (exact) mass is 506 g/mol. The van der Waals surface area contributed by atoms with Gasteiger partial charge in [-0.2, -0.15) is 0 Å². The predicted octanol–water partition coefficient (Wildman–Crippen LogP) is 3.35. The molecule has 0 radical (unpaired) electrons. The normalized spacial score (nSPS) is 34.8. The van der Waals surface area contributed by atoms with Crippen molar-refractivity contribution in [2.75, 3.05) is 0 Å². The summed E-state index contributed by atoms with van der Waals surface area (Å²) in [6.07, 6.45) is 6.06. The third-order valence-electron chi connectivity index (χ3n) is 7.75. The lowest BCUT2D eigenvalue weighted by molar-refractivity contribution is -0.247. The van der Waals surface area contributed by atoms with Crippen LogP contribution in [0.1, 0.15) is 74.6 Å². The highest BCUT2D eigenvalue weighted by molar-refractivity contribution is 6.30. The predicted molar refractivity (Wildman–Crippen MR) is 123 cm³/mol. The quantitative estimate of drug-likeness (QED) is 0.593. The molecule has 35 heavy (non-hydrogen) atoms. The highest BCUT2D eigenvalue weighted by atomic mass is 35.5. The molecule has 3 heterocycles. The van der Waals surface area contributed by atoms with Crippen molar-refractivity contribution in [1.29, 1.82) is 0 Å². The van der Waals surface area contributed by atoms with Crippen LogP contribution in [-0.4, -0.2) is 54.1 Å². The van der Waals surface area contributed by atoms with Crippen molar-refractivity contribution in [3.8, 4) is 0 Å². The van der Waals surface area contributed by atoms with Gasteiger partial charge in [0.2, 0.25) is 0 Å². The van der Waals surface area contributed by atoms with Gasteiger partial charge in [-0.05, 0) is 43.9 Å². The molecule has 1 aromatic carbocycles. The molecule has 1 aromatic rings. The molecule has 2 aliphatic carbocycles. The third-order valence-corrected chi connectivity index (χ3v) is 7.99. The van der Waals surface area contributed by atoms with Gasteiger partial charge in [-0.1, -0.05) is 30.5 Å². The lowest BCUT2D eigenvalue weighted by Gasteiger charge is -2.36. The molecule has 2 amide bonds. The van der Waals surface area contributed by atoms with Gasteiger partial charge in [-0.25, -0.2) is 0 Å². The molecule has 0 aromatic heterocycles. The molecule has 2 N–H and O–H groups in total. The molecule has 6 rings (SSSR count). The maximum Gasteiger partial charge on any atom is 0.270 e. The summed E-state index contributed by atoms with van der Waals surface area (Å²) in [5.74, 6) is -2.45. The molecule has 5 atom stereocenters. The van der Waals surface area contributed by atoms with E-state index in [4.69, 9.17) is 35.3 Å². The zero-order valence-electron chi connectivity index (χ0n) is 19.5. The first-order valence-electron chi connectivity index (χ1n) is 12.7. The molecular weight excluding hydrogens is 476 g/mol. The Hall–Kier alpha value is -1.75. The number of amides is 2. The largest absolute Gasteiger partial charge is 0.341 e. The molecule has 2 spiro atoms. The van der Waals surface area contributed by atoms with Crippen molar-refractivity contribution in [2.24, 2.45) is 0 Å². The highest BCUT2D eigenvalue weighted by Crippen LogP contribution is 2.50. The van der Waals surface area contributed by atoms with E-state index in [9.17, 15) is 9.59 Å². The fraction of sp³-hybridized carbons (Fsp3) is 0.680. The minimum Gasteiger partial charge on any atom is -0.341 e. The van der Waals surface area contributed by atoms with Crippen LogP contribution >= 0.6 is 11.6 Å². The van der Waals surface area contributed by atoms with Crippen molar-refractivity contribution in [3.05, 3.63) is 34.9 Å². The number of fused-ring (bicyclic) bond motifs is 3.